The zero-order valence-electron chi connectivity index (χ0n) is 11.2. The highest BCUT2D eigenvalue weighted by Gasteiger charge is 2.14. The Balaban J connectivity index is 2.58. The third-order valence-corrected chi connectivity index (χ3v) is 3.21. The van der Waals surface area contributed by atoms with Crippen LogP contribution in [0, 0.1) is 0 Å². The van der Waals surface area contributed by atoms with Gasteiger partial charge in [-0.05, 0) is 6.42 Å². The number of aryl methyl sites for hydroxylation is 1. The zero-order chi connectivity index (χ0) is 14.2. The summed E-state index contributed by atoms with van der Waals surface area (Å²) in [6.45, 7) is 2.46. The van der Waals surface area contributed by atoms with Crippen LogP contribution < -0.4 is 22.3 Å². The van der Waals surface area contributed by atoms with Crippen molar-refractivity contribution in [3.05, 3.63) is 20.8 Å². The van der Waals surface area contributed by atoms with Crippen molar-refractivity contribution in [2.45, 2.75) is 19.4 Å². The lowest BCUT2D eigenvalue weighted by atomic mass is 10.2. The molecule has 2 heterocycles. The second-order valence-corrected chi connectivity index (χ2v) is 4.47. The average Bonchev–Trinajstić information content (AvgIpc) is 2.84. The maximum Gasteiger partial charge on any atom is 0.332 e. The van der Waals surface area contributed by atoms with E-state index in [1.54, 1.807) is 7.05 Å². The highest BCUT2D eigenvalue weighted by molar-refractivity contribution is 5.72. The van der Waals surface area contributed by atoms with Crippen molar-refractivity contribution >= 4 is 17.1 Å². The van der Waals surface area contributed by atoms with Crippen LogP contribution in [0.2, 0.25) is 0 Å². The molecule has 8 nitrogen and oxygen atoms in total. The summed E-state index contributed by atoms with van der Waals surface area (Å²) >= 11 is 0. The number of hydrogen-bond donors (Lipinski definition) is 3. The molecule has 2 aromatic rings. The summed E-state index contributed by atoms with van der Waals surface area (Å²) in [5, 5.41) is 3.11. The summed E-state index contributed by atoms with van der Waals surface area (Å²) in [6, 6.07) is 0.0708. The fourth-order valence-corrected chi connectivity index (χ4v) is 1.92. The van der Waals surface area contributed by atoms with E-state index in [1.165, 1.54) is 11.6 Å². The first kappa shape index (κ1) is 13.3. The normalized spacial score (nSPS) is 12.8. The molecule has 0 aliphatic carbocycles. The van der Waals surface area contributed by atoms with Gasteiger partial charge in [0.25, 0.3) is 5.56 Å². The van der Waals surface area contributed by atoms with E-state index in [0.29, 0.717) is 23.7 Å². The number of nitrogens with zero attached hydrogens (tertiary/aromatic N) is 3. The molecule has 0 spiro atoms. The molecule has 8 heteroatoms. The maximum atomic E-state index is 12.0. The van der Waals surface area contributed by atoms with Crippen molar-refractivity contribution in [1.82, 2.24) is 19.1 Å². The molecule has 0 bridgehead atoms. The zero-order valence-corrected chi connectivity index (χ0v) is 11.2. The minimum atomic E-state index is -0.401. The van der Waals surface area contributed by atoms with E-state index in [9.17, 15) is 9.59 Å². The van der Waals surface area contributed by atoms with E-state index in [0.717, 1.165) is 11.0 Å². The quantitative estimate of drug-likeness (QED) is 0.665. The van der Waals surface area contributed by atoms with Gasteiger partial charge in [-0.1, -0.05) is 6.92 Å². The minimum absolute atomic E-state index is 0.0708. The highest BCUT2D eigenvalue weighted by Crippen LogP contribution is 2.09. The summed E-state index contributed by atoms with van der Waals surface area (Å²) in [5.41, 5.74) is 5.46. The van der Waals surface area contributed by atoms with E-state index >= 15 is 0 Å². The first-order valence-corrected chi connectivity index (χ1v) is 6.11. The molecular formula is C11H18N6O2. The first-order chi connectivity index (χ1) is 8.99. The molecule has 1 atom stereocenters. The van der Waals surface area contributed by atoms with Crippen molar-refractivity contribution in [3.8, 4) is 0 Å². The fraction of sp³-hybridized carbons (Fsp3) is 0.545. The van der Waals surface area contributed by atoms with Crippen LogP contribution in [-0.4, -0.2) is 31.7 Å². The van der Waals surface area contributed by atoms with Crippen molar-refractivity contribution in [2.24, 2.45) is 19.8 Å². The standard InChI is InChI=1S/C11H18N6O2/c1-4-6(5-12)13-10-14-7-8(15-10)16(2)11(19)17(3)9(7)18/h6H,4-5,12H2,1-3H3,(H2,13,14,15). The van der Waals surface area contributed by atoms with Crippen LogP contribution in [0.1, 0.15) is 13.3 Å². The molecule has 0 amide bonds. The van der Waals surface area contributed by atoms with Gasteiger partial charge in [-0.2, -0.15) is 4.98 Å². The number of fused-ring (bicyclic) bond motifs is 1. The lowest BCUT2D eigenvalue weighted by Crippen LogP contribution is -2.36. The van der Waals surface area contributed by atoms with E-state index in [-0.39, 0.29) is 11.6 Å². The van der Waals surface area contributed by atoms with Gasteiger partial charge in [0, 0.05) is 26.7 Å². The van der Waals surface area contributed by atoms with Gasteiger partial charge in [0.05, 0.1) is 0 Å². The molecule has 0 saturated carbocycles. The van der Waals surface area contributed by atoms with Gasteiger partial charge in [-0.15, -0.1) is 0 Å². The van der Waals surface area contributed by atoms with Crippen LogP contribution in [-0.2, 0) is 14.1 Å². The molecule has 2 rings (SSSR count). The Labute approximate surface area is 109 Å². The molecular weight excluding hydrogens is 248 g/mol. The van der Waals surface area contributed by atoms with Gasteiger partial charge in [0.1, 0.15) is 0 Å². The van der Waals surface area contributed by atoms with E-state index < -0.39 is 5.69 Å². The Bertz CT molecular complexity index is 706. The van der Waals surface area contributed by atoms with Crippen molar-refractivity contribution in [3.63, 3.8) is 0 Å². The van der Waals surface area contributed by atoms with Gasteiger partial charge >= 0.3 is 5.69 Å². The monoisotopic (exact) mass is 266 g/mol. The molecule has 2 aromatic heterocycles. The number of nitrogens with one attached hydrogen (secondary N) is 2. The predicted octanol–water partition coefficient (Wildman–Crippen LogP) is -0.890. The van der Waals surface area contributed by atoms with Crippen molar-refractivity contribution < 1.29 is 0 Å². The smallest absolute Gasteiger partial charge is 0.332 e. The Kier molecular flexibility index (Phi) is 3.43. The van der Waals surface area contributed by atoms with Crippen LogP contribution in [0.5, 0.6) is 0 Å². The Morgan fingerprint density at radius 2 is 2.05 bits per heavy atom. The summed E-state index contributed by atoms with van der Waals surface area (Å²) in [6.07, 6.45) is 0.838. The molecule has 0 radical (unpaired) electrons. The summed E-state index contributed by atoms with van der Waals surface area (Å²) in [7, 11) is 3.02. The topological polar surface area (TPSA) is 111 Å². The largest absolute Gasteiger partial charge is 0.352 e. The maximum absolute atomic E-state index is 12.0. The Morgan fingerprint density at radius 3 is 2.63 bits per heavy atom. The molecule has 0 saturated heterocycles. The first-order valence-electron chi connectivity index (χ1n) is 6.11. The number of nitrogens with two attached hydrogens (primary N) is 1. The van der Waals surface area contributed by atoms with Crippen molar-refractivity contribution in [2.75, 3.05) is 11.9 Å². The number of H-pyrrole nitrogens is 1. The number of aromatic nitrogens is 4. The minimum Gasteiger partial charge on any atom is -0.352 e. The van der Waals surface area contributed by atoms with Crippen LogP contribution in [0.4, 0.5) is 5.95 Å². The molecule has 104 valence electrons. The lowest BCUT2D eigenvalue weighted by Gasteiger charge is -2.12. The number of imidazole rings is 1. The SMILES string of the molecule is CCC(CN)Nc1nc2c([nH]1)c(=O)n(C)c(=O)n2C. The third-order valence-electron chi connectivity index (χ3n) is 3.21. The molecule has 0 aliphatic rings. The average molecular weight is 266 g/mol. The number of hydrogen-bond acceptors (Lipinski definition) is 5. The predicted molar refractivity (Wildman–Crippen MR) is 73.3 cm³/mol. The van der Waals surface area contributed by atoms with E-state index in [2.05, 4.69) is 15.3 Å². The third kappa shape index (κ3) is 2.14. The lowest BCUT2D eigenvalue weighted by molar-refractivity contribution is 0.697. The summed E-state index contributed by atoms with van der Waals surface area (Å²) in [4.78, 5) is 30.9. The second kappa shape index (κ2) is 4.88. The van der Waals surface area contributed by atoms with Gasteiger partial charge in [-0.25, -0.2) is 4.79 Å². The number of aromatic amines is 1. The van der Waals surface area contributed by atoms with Crippen LogP contribution >= 0.6 is 0 Å². The van der Waals surface area contributed by atoms with Gasteiger partial charge in [-0.3, -0.25) is 13.9 Å². The Morgan fingerprint density at radius 1 is 1.37 bits per heavy atom. The van der Waals surface area contributed by atoms with Gasteiger partial charge in [0.2, 0.25) is 5.95 Å². The summed E-state index contributed by atoms with van der Waals surface area (Å²) < 4.78 is 2.38. The molecule has 19 heavy (non-hydrogen) atoms. The molecule has 0 fully saturated rings. The van der Waals surface area contributed by atoms with E-state index in [1.807, 2.05) is 6.92 Å². The Hall–Kier alpha value is -2.09. The van der Waals surface area contributed by atoms with Crippen molar-refractivity contribution in [1.29, 1.82) is 0 Å². The number of rotatable bonds is 4. The van der Waals surface area contributed by atoms with Crippen LogP contribution in [0.15, 0.2) is 9.59 Å². The second-order valence-electron chi connectivity index (χ2n) is 4.47. The van der Waals surface area contributed by atoms with Gasteiger partial charge < -0.3 is 16.0 Å². The highest BCUT2D eigenvalue weighted by atomic mass is 16.2. The fourth-order valence-electron chi connectivity index (χ4n) is 1.92. The van der Waals surface area contributed by atoms with Gasteiger partial charge in [0.15, 0.2) is 11.2 Å². The number of anilines is 1. The summed E-state index contributed by atoms with van der Waals surface area (Å²) in [5.74, 6) is 0.450. The van der Waals surface area contributed by atoms with Crippen LogP contribution in [0.3, 0.4) is 0 Å². The molecule has 0 aromatic carbocycles. The molecule has 0 aliphatic heterocycles. The van der Waals surface area contributed by atoms with Crippen LogP contribution in [0.25, 0.3) is 11.2 Å². The molecule has 4 N–H and O–H groups in total. The molecule has 1 unspecified atom stereocenters. The van der Waals surface area contributed by atoms with E-state index in [4.69, 9.17) is 5.73 Å².